The van der Waals surface area contributed by atoms with E-state index in [1.165, 1.54) is 25.2 Å². The van der Waals surface area contributed by atoms with Gasteiger partial charge in [-0.1, -0.05) is 50.0 Å². The number of rotatable bonds is 10. The van der Waals surface area contributed by atoms with Gasteiger partial charge in [0.2, 0.25) is 0 Å². The molecular formula is C26H28F2N6O. The van der Waals surface area contributed by atoms with Crippen LogP contribution < -0.4 is 5.32 Å². The molecular weight excluding hydrogens is 450 g/mol. The lowest BCUT2D eigenvalue weighted by Crippen LogP contribution is -2.27. The van der Waals surface area contributed by atoms with Crippen molar-refractivity contribution in [3.05, 3.63) is 66.1 Å². The van der Waals surface area contributed by atoms with E-state index in [-0.39, 0.29) is 30.0 Å². The Balaban J connectivity index is 1.45. The van der Waals surface area contributed by atoms with Crippen molar-refractivity contribution in [1.29, 1.82) is 0 Å². The van der Waals surface area contributed by atoms with E-state index < -0.39 is 5.82 Å². The smallest absolute Gasteiger partial charge is 0.183 e. The number of aromatic nitrogens is 5. The molecule has 0 radical (unpaired) electrons. The van der Waals surface area contributed by atoms with Crippen molar-refractivity contribution in [2.24, 2.45) is 11.8 Å². The van der Waals surface area contributed by atoms with Gasteiger partial charge >= 0.3 is 0 Å². The Hall–Kier alpha value is -3.62. The van der Waals surface area contributed by atoms with Crippen molar-refractivity contribution < 1.29 is 13.3 Å². The van der Waals surface area contributed by atoms with Crippen LogP contribution in [-0.2, 0) is 6.54 Å². The summed E-state index contributed by atoms with van der Waals surface area (Å²) in [5.41, 5.74) is 2.07. The van der Waals surface area contributed by atoms with E-state index in [0.29, 0.717) is 28.6 Å². The summed E-state index contributed by atoms with van der Waals surface area (Å²) in [6.07, 6.45) is 7.31. The number of hydrogen-bond donors (Lipinski definition) is 1. The van der Waals surface area contributed by atoms with Gasteiger partial charge < -0.3 is 9.84 Å². The van der Waals surface area contributed by atoms with Crippen molar-refractivity contribution in [3.8, 4) is 22.9 Å². The number of nitrogens with one attached hydrogen (secondary N) is 1. The highest BCUT2D eigenvalue weighted by Gasteiger charge is 2.25. The second kappa shape index (κ2) is 9.93. The van der Waals surface area contributed by atoms with Gasteiger partial charge in [0.25, 0.3) is 0 Å². The van der Waals surface area contributed by atoms with Crippen molar-refractivity contribution in [2.45, 2.75) is 52.1 Å². The Morgan fingerprint density at radius 3 is 2.66 bits per heavy atom. The predicted molar refractivity (Wildman–Crippen MR) is 128 cm³/mol. The Bertz CT molecular complexity index is 1280. The van der Waals surface area contributed by atoms with Gasteiger partial charge in [-0.05, 0) is 36.8 Å². The van der Waals surface area contributed by atoms with Gasteiger partial charge in [0.05, 0.1) is 18.4 Å². The van der Waals surface area contributed by atoms with Crippen LogP contribution in [0.5, 0.6) is 0 Å². The first kappa shape index (κ1) is 23.1. The number of halogens is 2. The fourth-order valence-corrected chi connectivity index (χ4v) is 4.15. The van der Waals surface area contributed by atoms with Crippen molar-refractivity contribution >= 4 is 5.82 Å². The highest BCUT2D eigenvalue weighted by atomic mass is 19.1. The SMILES string of the molecule is CC(C)C(CCC1CC1)Nc1nc(-c2cc(-c3ccon3)n(Cc3ccccc3F)n2)ncc1F. The van der Waals surface area contributed by atoms with E-state index in [4.69, 9.17) is 4.52 Å². The summed E-state index contributed by atoms with van der Waals surface area (Å²) in [4.78, 5) is 8.66. The molecule has 7 nitrogen and oxygen atoms in total. The van der Waals surface area contributed by atoms with E-state index >= 15 is 0 Å². The van der Waals surface area contributed by atoms with Crippen molar-refractivity contribution in [1.82, 2.24) is 24.9 Å². The maximum absolute atomic E-state index is 14.7. The number of anilines is 1. The molecule has 1 saturated carbocycles. The van der Waals surface area contributed by atoms with Crippen LogP contribution in [0, 0.1) is 23.5 Å². The van der Waals surface area contributed by atoms with Crippen molar-refractivity contribution in [3.63, 3.8) is 0 Å². The van der Waals surface area contributed by atoms with E-state index in [9.17, 15) is 8.78 Å². The van der Waals surface area contributed by atoms with Crippen LogP contribution in [0.25, 0.3) is 22.9 Å². The molecule has 1 aliphatic carbocycles. The first-order valence-corrected chi connectivity index (χ1v) is 12.0. The molecule has 0 spiro atoms. The first-order chi connectivity index (χ1) is 17.0. The number of hydrogen-bond acceptors (Lipinski definition) is 6. The minimum Gasteiger partial charge on any atom is -0.365 e. The number of nitrogens with zero attached hydrogens (tertiary/aromatic N) is 5. The van der Waals surface area contributed by atoms with Gasteiger partial charge in [0, 0.05) is 17.7 Å². The third-order valence-corrected chi connectivity index (χ3v) is 6.44. The van der Waals surface area contributed by atoms with Gasteiger partial charge in [0.15, 0.2) is 17.5 Å². The van der Waals surface area contributed by atoms with Crippen LogP contribution in [0.1, 0.15) is 45.1 Å². The maximum atomic E-state index is 14.7. The van der Waals surface area contributed by atoms with Crippen LogP contribution in [0.2, 0.25) is 0 Å². The van der Waals surface area contributed by atoms with Gasteiger partial charge in [-0.25, -0.2) is 18.7 Å². The highest BCUT2D eigenvalue weighted by molar-refractivity contribution is 5.63. The van der Waals surface area contributed by atoms with Crippen LogP contribution >= 0.6 is 0 Å². The molecule has 4 aromatic rings. The summed E-state index contributed by atoms with van der Waals surface area (Å²) in [5, 5.41) is 11.9. The molecule has 182 valence electrons. The molecule has 0 saturated heterocycles. The van der Waals surface area contributed by atoms with Gasteiger partial charge in [-0.2, -0.15) is 5.10 Å². The van der Waals surface area contributed by atoms with E-state index in [0.717, 1.165) is 25.0 Å². The Morgan fingerprint density at radius 1 is 1.11 bits per heavy atom. The molecule has 9 heteroatoms. The third kappa shape index (κ3) is 5.39. The maximum Gasteiger partial charge on any atom is 0.183 e. The molecule has 5 rings (SSSR count). The lowest BCUT2D eigenvalue weighted by molar-refractivity contribution is 0.421. The average Bonchev–Trinajstić information content (AvgIpc) is 3.33. The standard InChI is InChI=1S/C26H28F2N6O/c1-16(2)21(10-9-17-7-8-17)30-25-20(28)14-29-26(31-25)23-13-24(22-11-12-35-33-22)34(32-23)15-18-5-3-4-6-19(18)27/h3-6,11-14,16-17,21H,7-10,15H2,1-2H3,(H,29,30,31). The fourth-order valence-electron chi connectivity index (χ4n) is 4.15. The highest BCUT2D eigenvalue weighted by Crippen LogP contribution is 2.35. The van der Waals surface area contributed by atoms with E-state index in [1.807, 2.05) is 0 Å². The van der Waals surface area contributed by atoms with E-state index in [2.05, 4.69) is 39.4 Å². The molecule has 1 fully saturated rings. The summed E-state index contributed by atoms with van der Waals surface area (Å²) < 4.78 is 35.6. The monoisotopic (exact) mass is 478 g/mol. The zero-order valence-corrected chi connectivity index (χ0v) is 19.8. The molecule has 0 aliphatic heterocycles. The minimum absolute atomic E-state index is 0.108. The third-order valence-electron chi connectivity index (χ3n) is 6.44. The predicted octanol–water partition coefficient (Wildman–Crippen LogP) is 5.95. The van der Waals surface area contributed by atoms with Gasteiger partial charge in [-0.3, -0.25) is 4.68 Å². The second-order valence-corrected chi connectivity index (χ2v) is 9.45. The van der Waals surface area contributed by atoms with Gasteiger partial charge in [-0.15, -0.1) is 0 Å². The zero-order valence-electron chi connectivity index (χ0n) is 19.8. The molecule has 1 atom stereocenters. The lowest BCUT2D eigenvalue weighted by Gasteiger charge is -2.23. The van der Waals surface area contributed by atoms with Crippen LogP contribution in [0.3, 0.4) is 0 Å². The van der Waals surface area contributed by atoms with Crippen LogP contribution in [-0.4, -0.2) is 30.9 Å². The molecule has 35 heavy (non-hydrogen) atoms. The topological polar surface area (TPSA) is 81.7 Å². The summed E-state index contributed by atoms with van der Waals surface area (Å²) in [6, 6.07) is 10.1. The molecule has 3 aromatic heterocycles. The van der Waals surface area contributed by atoms with E-state index in [1.54, 1.807) is 35.0 Å². The summed E-state index contributed by atoms with van der Waals surface area (Å²) in [7, 11) is 0. The molecule has 1 aromatic carbocycles. The Kier molecular flexibility index (Phi) is 6.57. The molecule has 1 N–H and O–H groups in total. The first-order valence-electron chi connectivity index (χ1n) is 12.0. The van der Waals surface area contributed by atoms with Gasteiger partial charge in [0.1, 0.15) is 23.5 Å². The summed E-state index contributed by atoms with van der Waals surface area (Å²) in [5.74, 6) is 0.730. The number of benzene rings is 1. The lowest BCUT2D eigenvalue weighted by atomic mass is 9.98. The second-order valence-electron chi connectivity index (χ2n) is 9.45. The Morgan fingerprint density at radius 2 is 1.94 bits per heavy atom. The summed E-state index contributed by atoms with van der Waals surface area (Å²) >= 11 is 0. The Labute approximate surface area is 202 Å². The molecule has 1 aliphatic rings. The fraction of sp³-hybridized carbons (Fsp3) is 0.385. The molecule has 3 heterocycles. The normalized spacial score (nSPS) is 14.4. The largest absolute Gasteiger partial charge is 0.365 e. The van der Waals surface area contributed by atoms with Crippen LogP contribution in [0.15, 0.2) is 53.4 Å². The molecule has 1 unspecified atom stereocenters. The van der Waals surface area contributed by atoms with Crippen LogP contribution in [0.4, 0.5) is 14.6 Å². The quantitative estimate of drug-likeness (QED) is 0.303. The zero-order chi connectivity index (χ0) is 24.4. The average molecular weight is 479 g/mol. The van der Waals surface area contributed by atoms with Crippen molar-refractivity contribution in [2.75, 3.05) is 5.32 Å². The molecule has 0 amide bonds. The minimum atomic E-state index is -0.506. The molecule has 0 bridgehead atoms. The summed E-state index contributed by atoms with van der Waals surface area (Å²) in [6.45, 7) is 4.43.